The van der Waals surface area contributed by atoms with Gasteiger partial charge in [-0.3, -0.25) is 9.20 Å². The van der Waals surface area contributed by atoms with Gasteiger partial charge in [-0.2, -0.15) is 0 Å². The van der Waals surface area contributed by atoms with Crippen LogP contribution in [0, 0.1) is 0 Å². The van der Waals surface area contributed by atoms with Crippen LogP contribution in [0.1, 0.15) is 0 Å². The molecule has 1 amide bonds. The van der Waals surface area contributed by atoms with Crippen LogP contribution in [0.3, 0.4) is 0 Å². The normalized spacial score (nSPS) is 12.2. The second-order valence-corrected chi connectivity index (χ2v) is 4.24. The van der Waals surface area contributed by atoms with E-state index in [0.717, 1.165) is 4.68 Å². The number of methoxy groups -OCH3 is 1. The van der Waals surface area contributed by atoms with Crippen LogP contribution in [-0.4, -0.2) is 50.9 Å². The zero-order valence-corrected chi connectivity index (χ0v) is 11.2. The van der Waals surface area contributed by atoms with Crippen molar-refractivity contribution in [3.63, 3.8) is 0 Å². The van der Waals surface area contributed by atoms with Crippen molar-refractivity contribution in [1.29, 1.82) is 0 Å². The molecule has 21 heavy (non-hydrogen) atoms. The Morgan fingerprint density at radius 3 is 2.86 bits per heavy atom. The third-order valence-electron chi connectivity index (χ3n) is 2.83. The van der Waals surface area contributed by atoms with E-state index >= 15 is 0 Å². The summed E-state index contributed by atoms with van der Waals surface area (Å²) >= 11 is 0. The maximum Gasteiger partial charge on any atom is 0.350 e. The number of ether oxygens (including phenoxy) is 1. The Kier molecular flexibility index (Phi) is 4.33. The number of hydrogen-bond acceptors (Lipinski definition) is 5. The molecule has 0 aliphatic heterocycles. The van der Waals surface area contributed by atoms with E-state index in [4.69, 9.17) is 5.11 Å². The minimum Gasteiger partial charge on any atom is -0.479 e. The fourth-order valence-corrected chi connectivity index (χ4v) is 1.74. The molecule has 1 atom stereocenters. The Morgan fingerprint density at radius 1 is 1.48 bits per heavy atom. The van der Waals surface area contributed by atoms with Gasteiger partial charge in [-0.25, -0.2) is 14.3 Å². The van der Waals surface area contributed by atoms with E-state index in [0.29, 0.717) is 5.65 Å². The van der Waals surface area contributed by atoms with Crippen molar-refractivity contribution < 1.29 is 19.4 Å². The summed E-state index contributed by atoms with van der Waals surface area (Å²) in [5.41, 5.74) is -0.0159. The Balaban J connectivity index is 2.03. The highest BCUT2D eigenvalue weighted by Crippen LogP contribution is 1.95. The van der Waals surface area contributed by atoms with Crippen molar-refractivity contribution in [1.82, 2.24) is 19.5 Å². The Bertz CT molecular complexity index is 720. The van der Waals surface area contributed by atoms with Crippen LogP contribution in [0.25, 0.3) is 5.65 Å². The minimum absolute atomic E-state index is 0.188. The molecule has 0 saturated carbocycles. The third kappa shape index (κ3) is 3.26. The summed E-state index contributed by atoms with van der Waals surface area (Å²) in [6, 6.07) is 5.04. The van der Waals surface area contributed by atoms with Gasteiger partial charge < -0.3 is 15.2 Å². The fraction of sp³-hybridized carbons (Fsp3) is 0.333. The molecule has 0 fully saturated rings. The van der Waals surface area contributed by atoms with Crippen LogP contribution in [0.4, 0.5) is 0 Å². The molecule has 2 heterocycles. The quantitative estimate of drug-likeness (QED) is 0.685. The summed E-state index contributed by atoms with van der Waals surface area (Å²) in [6.45, 7) is -0.483. The highest BCUT2D eigenvalue weighted by Gasteiger charge is 2.18. The zero-order chi connectivity index (χ0) is 15.4. The highest BCUT2D eigenvalue weighted by molar-refractivity contribution is 5.77. The molecule has 0 spiro atoms. The average molecular weight is 294 g/mol. The predicted molar refractivity (Wildman–Crippen MR) is 70.9 cm³/mol. The van der Waals surface area contributed by atoms with E-state index in [1.165, 1.54) is 11.5 Å². The van der Waals surface area contributed by atoms with Gasteiger partial charge in [0.05, 0.1) is 6.54 Å². The predicted octanol–water partition coefficient (Wildman–Crippen LogP) is -1.29. The van der Waals surface area contributed by atoms with Gasteiger partial charge in [-0.1, -0.05) is 6.07 Å². The average Bonchev–Trinajstić information content (AvgIpc) is 2.76. The number of rotatable bonds is 6. The van der Waals surface area contributed by atoms with E-state index in [2.05, 4.69) is 15.2 Å². The lowest BCUT2D eigenvalue weighted by Gasteiger charge is -2.11. The first-order chi connectivity index (χ1) is 10.0. The van der Waals surface area contributed by atoms with Gasteiger partial charge in [0.15, 0.2) is 11.8 Å². The van der Waals surface area contributed by atoms with E-state index in [-0.39, 0.29) is 13.1 Å². The number of carbonyl (C=O) groups excluding carboxylic acids is 1. The number of aromatic nitrogens is 3. The van der Waals surface area contributed by atoms with Gasteiger partial charge in [0.25, 0.3) is 0 Å². The number of carbonyl (C=O) groups is 2. The molecule has 0 aliphatic rings. The molecule has 0 radical (unpaired) electrons. The minimum atomic E-state index is -1.18. The highest BCUT2D eigenvalue weighted by atomic mass is 16.5. The number of carboxylic acid groups (broad SMARTS) is 1. The molecular weight excluding hydrogens is 280 g/mol. The maximum atomic E-state index is 11.9. The lowest BCUT2D eigenvalue weighted by atomic mass is 10.3. The van der Waals surface area contributed by atoms with Gasteiger partial charge in [0.1, 0.15) is 6.54 Å². The number of nitrogens with zero attached hydrogens (tertiary/aromatic N) is 3. The van der Waals surface area contributed by atoms with E-state index in [1.807, 2.05) is 0 Å². The van der Waals surface area contributed by atoms with Crippen molar-refractivity contribution in [2.24, 2.45) is 0 Å². The van der Waals surface area contributed by atoms with Gasteiger partial charge in [0, 0.05) is 13.3 Å². The van der Waals surface area contributed by atoms with Crippen molar-refractivity contribution in [3.8, 4) is 0 Å². The SMILES string of the molecule is COC(CNC(=O)Cn1nc2ccccn2c1=O)C(=O)O. The Morgan fingerprint density at radius 2 is 2.24 bits per heavy atom. The molecule has 0 bridgehead atoms. The standard InChI is InChI=1S/C12H14N4O5/c1-21-8(11(18)19)6-13-10(17)7-16-12(20)15-5-3-2-4-9(15)14-16/h2-5,8H,6-7H2,1H3,(H,13,17)(H,18,19). The van der Waals surface area contributed by atoms with E-state index in [1.54, 1.807) is 24.4 Å². The summed E-state index contributed by atoms with van der Waals surface area (Å²) in [5.74, 6) is -1.70. The zero-order valence-electron chi connectivity index (χ0n) is 11.2. The van der Waals surface area contributed by atoms with Gasteiger partial charge >= 0.3 is 11.7 Å². The number of nitrogens with one attached hydrogen (secondary N) is 1. The molecule has 0 saturated heterocycles. The molecule has 9 heteroatoms. The number of fused-ring (bicyclic) bond motifs is 1. The molecule has 0 aromatic carbocycles. The monoisotopic (exact) mass is 294 g/mol. The first-order valence-corrected chi connectivity index (χ1v) is 6.09. The van der Waals surface area contributed by atoms with Crippen LogP contribution >= 0.6 is 0 Å². The van der Waals surface area contributed by atoms with Crippen LogP contribution < -0.4 is 11.0 Å². The largest absolute Gasteiger partial charge is 0.479 e. The van der Waals surface area contributed by atoms with Crippen molar-refractivity contribution in [3.05, 3.63) is 34.9 Å². The molecule has 0 aliphatic carbocycles. The number of carboxylic acids is 1. The molecule has 2 N–H and O–H groups in total. The van der Waals surface area contributed by atoms with Crippen LogP contribution in [0.5, 0.6) is 0 Å². The topological polar surface area (TPSA) is 115 Å². The first-order valence-electron chi connectivity index (χ1n) is 6.09. The molecule has 2 rings (SSSR count). The van der Waals surface area contributed by atoms with E-state index < -0.39 is 23.7 Å². The maximum absolute atomic E-state index is 11.9. The second-order valence-electron chi connectivity index (χ2n) is 4.24. The van der Waals surface area contributed by atoms with Crippen LogP contribution in [0.2, 0.25) is 0 Å². The summed E-state index contributed by atoms with van der Waals surface area (Å²) in [6.07, 6.45) is 0.413. The number of amides is 1. The van der Waals surface area contributed by atoms with Crippen molar-refractivity contribution in [2.75, 3.05) is 13.7 Å². The van der Waals surface area contributed by atoms with Gasteiger partial charge in [0.2, 0.25) is 5.91 Å². The van der Waals surface area contributed by atoms with Crippen molar-refractivity contribution >= 4 is 17.5 Å². The lowest BCUT2D eigenvalue weighted by molar-refractivity contribution is -0.148. The molecule has 112 valence electrons. The lowest BCUT2D eigenvalue weighted by Crippen LogP contribution is -2.40. The number of aliphatic carboxylic acids is 1. The van der Waals surface area contributed by atoms with Crippen molar-refractivity contribution in [2.45, 2.75) is 12.6 Å². The van der Waals surface area contributed by atoms with E-state index in [9.17, 15) is 14.4 Å². The summed E-state index contributed by atoms with van der Waals surface area (Å²) in [4.78, 5) is 34.4. The van der Waals surface area contributed by atoms with Crippen LogP contribution in [-0.2, 0) is 20.9 Å². The third-order valence-corrected chi connectivity index (χ3v) is 2.83. The molecule has 9 nitrogen and oxygen atoms in total. The van der Waals surface area contributed by atoms with Crippen LogP contribution in [0.15, 0.2) is 29.2 Å². The fourth-order valence-electron chi connectivity index (χ4n) is 1.74. The molecule has 2 aromatic rings. The first kappa shape index (κ1) is 14.7. The summed E-state index contributed by atoms with van der Waals surface area (Å²) in [7, 11) is 1.23. The van der Waals surface area contributed by atoms with Gasteiger partial charge in [-0.05, 0) is 12.1 Å². The smallest absolute Gasteiger partial charge is 0.350 e. The molecular formula is C12H14N4O5. The van der Waals surface area contributed by atoms with Gasteiger partial charge in [-0.15, -0.1) is 5.10 Å². The Labute approximate surface area is 118 Å². The molecule has 2 aromatic heterocycles. The number of hydrogen-bond donors (Lipinski definition) is 2. The Hall–Kier alpha value is -2.68. The number of pyridine rings is 1. The summed E-state index contributed by atoms with van der Waals surface area (Å²) < 4.78 is 7.00. The summed E-state index contributed by atoms with van der Waals surface area (Å²) in [5, 5.41) is 15.1. The molecule has 1 unspecified atom stereocenters. The second kappa shape index (κ2) is 6.18.